The van der Waals surface area contributed by atoms with Crippen molar-refractivity contribution in [2.45, 2.75) is 26.2 Å². The van der Waals surface area contributed by atoms with E-state index in [0.29, 0.717) is 61.9 Å². The molecule has 34 heavy (non-hydrogen) atoms. The molecule has 3 aromatic rings. The van der Waals surface area contributed by atoms with Gasteiger partial charge in [-0.25, -0.2) is 9.82 Å². The quantitative estimate of drug-likeness (QED) is 0.594. The molecule has 8 nitrogen and oxygen atoms in total. The number of amides is 2. The van der Waals surface area contributed by atoms with E-state index in [1.165, 1.54) is 12.3 Å². The molecular weight excluding hydrogens is 439 g/mol. The van der Waals surface area contributed by atoms with E-state index in [1.54, 1.807) is 29.2 Å². The molecule has 3 heterocycles. The highest BCUT2D eigenvalue weighted by Gasteiger charge is 2.32. The van der Waals surface area contributed by atoms with Crippen LogP contribution in [0.5, 0.6) is 0 Å². The summed E-state index contributed by atoms with van der Waals surface area (Å²) in [7, 11) is 0. The molecule has 2 amide bonds. The SMILES string of the molecule is Cc1c(C(=O)N2CCN(c3ccccc3F)CC2)oc2c1/C(=N/NC(=O)c1ccco1)CCC2. The van der Waals surface area contributed by atoms with E-state index in [4.69, 9.17) is 8.83 Å². The zero-order chi connectivity index (χ0) is 23.7. The molecule has 0 atom stereocenters. The molecule has 0 unspecified atom stereocenters. The molecule has 5 rings (SSSR count). The normalized spacial score (nSPS) is 17.1. The molecule has 1 N–H and O–H groups in total. The summed E-state index contributed by atoms with van der Waals surface area (Å²) in [5.74, 6) is 0.311. The fourth-order valence-corrected chi connectivity index (χ4v) is 4.57. The molecule has 2 aromatic heterocycles. The topological polar surface area (TPSA) is 91.3 Å². The number of hydrazone groups is 1. The number of carbonyl (C=O) groups is 2. The van der Waals surface area contributed by atoms with Crippen molar-refractivity contribution in [1.82, 2.24) is 10.3 Å². The molecule has 1 aliphatic carbocycles. The molecule has 0 bridgehead atoms. The Labute approximate surface area is 196 Å². The average Bonchev–Trinajstić information content (AvgIpc) is 3.51. The van der Waals surface area contributed by atoms with Gasteiger partial charge >= 0.3 is 5.91 Å². The Hall–Kier alpha value is -3.88. The number of fused-ring (bicyclic) bond motifs is 1. The first kappa shape index (κ1) is 21.9. The van der Waals surface area contributed by atoms with Gasteiger partial charge in [-0.05, 0) is 44.0 Å². The third-order valence-corrected chi connectivity index (χ3v) is 6.32. The maximum atomic E-state index is 14.1. The largest absolute Gasteiger partial charge is 0.459 e. The summed E-state index contributed by atoms with van der Waals surface area (Å²) in [6, 6.07) is 9.87. The zero-order valence-electron chi connectivity index (χ0n) is 18.8. The van der Waals surface area contributed by atoms with Gasteiger partial charge in [0.05, 0.1) is 17.7 Å². The smallest absolute Gasteiger partial charge is 0.307 e. The average molecular weight is 464 g/mol. The summed E-state index contributed by atoms with van der Waals surface area (Å²) in [6.07, 6.45) is 3.61. The predicted molar refractivity (Wildman–Crippen MR) is 124 cm³/mol. The van der Waals surface area contributed by atoms with Crippen molar-refractivity contribution >= 4 is 23.2 Å². The van der Waals surface area contributed by atoms with Crippen LogP contribution in [0, 0.1) is 12.7 Å². The van der Waals surface area contributed by atoms with E-state index in [1.807, 2.05) is 17.9 Å². The Bertz CT molecular complexity index is 1240. The minimum atomic E-state index is -0.435. The lowest BCUT2D eigenvalue weighted by atomic mass is 9.93. The van der Waals surface area contributed by atoms with Gasteiger partial charge in [-0.15, -0.1) is 0 Å². The number of furan rings is 2. The lowest BCUT2D eigenvalue weighted by Gasteiger charge is -2.35. The number of para-hydroxylation sites is 1. The van der Waals surface area contributed by atoms with Gasteiger partial charge in [0, 0.05) is 43.7 Å². The molecule has 0 radical (unpaired) electrons. The molecular formula is C25H25FN4O4. The van der Waals surface area contributed by atoms with E-state index < -0.39 is 5.91 Å². The first-order valence-electron chi connectivity index (χ1n) is 11.3. The van der Waals surface area contributed by atoms with Crippen molar-refractivity contribution in [3.05, 3.63) is 76.9 Å². The van der Waals surface area contributed by atoms with Crippen molar-refractivity contribution in [3.63, 3.8) is 0 Å². The minimum Gasteiger partial charge on any atom is -0.459 e. The fourth-order valence-electron chi connectivity index (χ4n) is 4.57. The fraction of sp³-hybridized carbons (Fsp3) is 0.320. The second-order valence-electron chi connectivity index (χ2n) is 8.42. The second kappa shape index (κ2) is 9.17. The van der Waals surface area contributed by atoms with Crippen LogP contribution in [0.15, 0.2) is 56.6 Å². The molecule has 1 fully saturated rings. The van der Waals surface area contributed by atoms with Gasteiger partial charge in [0.15, 0.2) is 11.5 Å². The van der Waals surface area contributed by atoms with Crippen LogP contribution in [0.1, 0.15) is 50.8 Å². The number of nitrogens with zero attached hydrogens (tertiary/aromatic N) is 3. The molecule has 1 saturated heterocycles. The molecule has 1 aliphatic heterocycles. The van der Waals surface area contributed by atoms with Crippen LogP contribution in [-0.2, 0) is 6.42 Å². The van der Waals surface area contributed by atoms with Crippen molar-refractivity contribution in [2.75, 3.05) is 31.1 Å². The van der Waals surface area contributed by atoms with Crippen molar-refractivity contribution in [1.29, 1.82) is 0 Å². The van der Waals surface area contributed by atoms with Crippen LogP contribution in [-0.4, -0.2) is 48.6 Å². The van der Waals surface area contributed by atoms with Crippen molar-refractivity contribution in [2.24, 2.45) is 5.10 Å². The number of nitrogens with one attached hydrogen (secondary N) is 1. The van der Waals surface area contributed by atoms with E-state index in [2.05, 4.69) is 10.5 Å². The summed E-state index contributed by atoms with van der Waals surface area (Å²) >= 11 is 0. The summed E-state index contributed by atoms with van der Waals surface area (Å²) < 4.78 is 25.2. The van der Waals surface area contributed by atoms with Gasteiger partial charge in [-0.1, -0.05) is 12.1 Å². The van der Waals surface area contributed by atoms with Gasteiger partial charge in [0.2, 0.25) is 0 Å². The van der Waals surface area contributed by atoms with E-state index in [-0.39, 0.29) is 17.5 Å². The van der Waals surface area contributed by atoms with E-state index >= 15 is 0 Å². The van der Waals surface area contributed by atoms with Crippen LogP contribution < -0.4 is 10.3 Å². The van der Waals surface area contributed by atoms with Gasteiger partial charge in [-0.2, -0.15) is 5.10 Å². The van der Waals surface area contributed by atoms with E-state index in [0.717, 1.165) is 17.5 Å². The number of aryl methyl sites for hydroxylation is 1. The summed E-state index contributed by atoms with van der Waals surface area (Å²) in [5, 5.41) is 4.31. The molecule has 9 heteroatoms. The number of rotatable bonds is 4. The molecule has 176 valence electrons. The van der Waals surface area contributed by atoms with Gasteiger partial charge in [0.25, 0.3) is 5.91 Å². The zero-order valence-corrected chi connectivity index (χ0v) is 18.8. The van der Waals surface area contributed by atoms with Crippen molar-refractivity contribution < 1.29 is 22.8 Å². The van der Waals surface area contributed by atoms with Crippen molar-refractivity contribution in [3.8, 4) is 0 Å². The highest BCUT2D eigenvalue weighted by molar-refractivity contribution is 6.07. The number of hydrogen-bond acceptors (Lipinski definition) is 6. The first-order chi connectivity index (χ1) is 16.5. The molecule has 1 aromatic carbocycles. The monoisotopic (exact) mass is 464 g/mol. The third-order valence-electron chi connectivity index (χ3n) is 6.32. The number of piperazine rings is 1. The standard InChI is InChI=1S/C25H25FN4O4/c1-16-22-18(27-28-24(31)21-10-5-15-33-21)7-4-9-20(22)34-23(16)25(32)30-13-11-29(12-14-30)19-8-3-2-6-17(19)26/h2-3,5-6,8,10,15H,4,7,9,11-14H2,1H3,(H,28,31)/b27-18+. The lowest BCUT2D eigenvalue weighted by Crippen LogP contribution is -2.49. The van der Waals surface area contributed by atoms with Crippen LogP contribution >= 0.6 is 0 Å². The molecule has 2 aliphatic rings. The molecule has 0 saturated carbocycles. The maximum Gasteiger partial charge on any atom is 0.307 e. The van der Waals surface area contributed by atoms with Crippen LogP contribution in [0.2, 0.25) is 0 Å². The Morgan fingerprint density at radius 3 is 2.59 bits per heavy atom. The van der Waals surface area contributed by atoms with Gasteiger partial charge in [0.1, 0.15) is 11.6 Å². The van der Waals surface area contributed by atoms with Crippen LogP contribution in [0.3, 0.4) is 0 Å². The first-order valence-corrected chi connectivity index (χ1v) is 11.3. The van der Waals surface area contributed by atoms with E-state index in [9.17, 15) is 14.0 Å². The third kappa shape index (κ3) is 4.09. The predicted octanol–water partition coefficient (Wildman–Crippen LogP) is 3.75. The van der Waals surface area contributed by atoms with Crippen LogP contribution in [0.25, 0.3) is 0 Å². The highest BCUT2D eigenvalue weighted by Crippen LogP contribution is 2.31. The minimum absolute atomic E-state index is 0.176. The number of benzene rings is 1. The Morgan fingerprint density at radius 2 is 1.85 bits per heavy atom. The lowest BCUT2D eigenvalue weighted by molar-refractivity contribution is 0.0711. The van der Waals surface area contributed by atoms with Gasteiger partial charge in [-0.3, -0.25) is 9.59 Å². The number of hydrogen-bond donors (Lipinski definition) is 1. The Morgan fingerprint density at radius 1 is 1.06 bits per heavy atom. The maximum absolute atomic E-state index is 14.1. The highest BCUT2D eigenvalue weighted by atomic mass is 19.1. The number of halogens is 1. The summed E-state index contributed by atoms with van der Waals surface area (Å²) in [6.45, 7) is 3.87. The Kier molecular flexibility index (Phi) is 5.91. The Balaban J connectivity index is 1.31. The summed E-state index contributed by atoms with van der Waals surface area (Å²) in [4.78, 5) is 29.2. The number of anilines is 1. The summed E-state index contributed by atoms with van der Waals surface area (Å²) in [5.41, 5.74) is 5.29. The number of carbonyl (C=O) groups excluding carboxylic acids is 2. The second-order valence-corrected chi connectivity index (χ2v) is 8.42. The molecule has 0 spiro atoms. The van der Waals surface area contributed by atoms with Crippen LogP contribution in [0.4, 0.5) is 10.1 Å². The van der Waals surface area contributed by atoms with Gasteiger partial charge < -0.3 is 18.6 Å².